The molecule has 0 aromatic heterocycles. The average molecular weight is 168 g/mol. The zero-order valence-electron chi connectivity index (χ0n) is 7.19. The van der Waals surface area contributed by atoms with Crippen molar-refractivity contribution in [1.82, 2.24) is 9.80 Å². The van der Waals surface area contributed by atoms with Crippen LogP contribution in [0.2, 0.25) is 0 Å². The van der Waals surface area contributed by atoms with E-state index in [1.807, 2.05) is 17.3 Å². The molecule has 0 radical (unpaired) electrons. The Bertz CT molecular complexity index is 178. The van der Waals surface area contributed by atoms with Gasteiger partial charge >= 0.3 is 0 Å². The lowest BCUT2D eigenvalue weighted by molar-refractivity contribution is 0.299. The second-order valence-electron chi connectivity index (χ2n) is 2.90. The number of rotatable bonds is 4. The summed E-state index contributed by atoms with van der Waals surface area (Å²) in [7, 11) is 0. The lowest BCUT2D eigenvalue weighted by Gasteiger charge is -2.21. The Morgan fingerprint density at radius 3 is 2.83 bits per heavy atom. The number of hydrogen-bond donors (Lipinski definition) is 2. The third kappa shape index (κ3) is 2.25. The van der Waals surface area contributed by atoms with Crippen molar-refractivity contribution in [3.63, 3.8) is 0 Å². The highest BCUT2D eigenvalue weighted by molar-refractivity contribution is 4.95. The third-order valence-corrected chi connectivity index (χ3v) is 1.82. The van der Waals surface area contributed by atoms with Crippen molar-refractivity contribution < 1.29 is 0 Å². The fraction of sp³-hybridized carbons (Fsp3) is 0.500. The van der Waals surface area contributed by atoms with Crippen LogP contribution >= 0.6 is 0 Å². The summed E-state index contributed by atoms with van der Waals surface area (Å²) >= 11 is 0. The molecule has 0 aromatic rings. The van der Waals surface area contributed by atoms with Crippen molar-refractivity contribution in [2.75, 3.05) is 19.8 Å². The molecule has 12 heavy (non-hydrogen) atoms. The first-order chi connectivity index (χ1) is 5.76. The van der Waals surface area contributed by atoms with Crippen LogP contribution in [0.25, 0.3) is 0 Å². The van der Waals surface area contributed by atoms with Gasteiger partial charge in [0.2, 0.25) is 0 Å². The molecule has 0 saturated heterocycles. The maximum absolute atomic E-state index is 5.69. The van der Waals surface area contributed by atoms with Gasteiger partial charge in [-0.25, -0.2) is 0 Å². The average Bonchev–Trinajstić information content (AvgIpc) is 2.52. The Labute approximate surface area is 73.1 Å². The van der Waals surface area contributed by atoms with E-state index < -0.39 is 0 Å². The highest BCUT2D eigenvalue weighted by Gasteiger charge is 2.11. The van der Waals surface area contributed by atoms with Gasteiger partial charge in [-0.3, -0.25) is 0 Å². The van der Waals surface area contributed by atoms with Crippen molar-refractivity contribution in [2.45, 2.75) is 6.04 Å². The lowest BCUT2D eigenvalue weighted by Crippen LogP contribution is -2.40. The van der Waals surface area contributed by atoms with E-state index in [2.05, 4.69) is 11.5 Å². The van der Waals surface area contributed by atoms with Gasteiger partial charge in [0.05, 0.1) is 6.67 Å². The Kier molecular flexibility index (Phi) is 3.13. The summed E-state index contributed by atoms with van der Waals surface area (Å²) in [6.07, 6.45) is 5.75. The molecule has 1 aliphatic heterocycles. The fourth-order valence-electron chi connectivity index (χ4n) is 1.10. The second kappa shape index (κ2) is 4.13. The molecule has 0 bridgehead atoms. The van der Waals surface area contributed by atoms with Gasteiger partial charge in [-0.1, -0.05) is 6.58 Å². The van der Waals surface area contributed by atoms with Gasteiger partial charge in [-0.05, 0) is 6.20 Å². The van der Waals surface area contributed by atoms with Crippen LogP contribution in [0.5, 0.6) is 0 Å². The van der Waals surface area contributed by atoms with E-state index in [-0.39, 0.29) is 6.04 Å². The molecule has 1 atom stereocenters. The summed E-state index contributed by atoms with van der Waals surface area (Å²) in [5, 5.41) is 0. The van der Waals surface area contributed by atoms with Crippen molar-refractivity contribution in [1.29, 1.82) is 0 Å². The molecule has 4 nitrogen and oxygen atoms in total. The Morgan fingerprint density at radius 1 is 1.58 bits per heavy atom. The summed E-state index contributed by atoms with van der Waals surface area (Å²) in [4.78, 5) is 4.10. The van der Waals surface area contributed by atoms with Gasteiger partial charge in [-0.2, -0.15) is 0 Å². The van der Waals surface area contributed by atoms with E-state index in [0.29, 0.717) is 6.54 Å². The lowest BCUT2D eigenvalue weighted by atomic mass is 10.3. The molecule has 1 heterocycles. The standard InChI is InChI=1S/C8H16N4/c1-2-11-3-4-12(7-11)6-8(10)5-9/h2-4,8H,1,5-7,9-10H2. The van der Waals surface area contributed by atoms with Crippen LogP contribution in [-0.4, -0.2) is 35.6 Å². The van der Waals surface area contributed by atoms with Crippen LogP contribution in [0, 0.1) is 0 Å². The van der Waals surface area contributed by atoms with E-state index in [9.17, 15) is 0 Å². The van der Waals surface area contributed by atoms with E-state index in [4.69, 9.17) is 11.5 Å². The number of hydrogen-bond acceptors (Lipinski definition) is 4. The summed E-state index contributed by atoms with van der Waals surface area (Å²) in [5.41, 5.74) is 11.1. The molecule has 0 aliphatic carbocycles. The van der Waals surface area contributed by atoms with Crippen LogP contribution in [0.4, 0.5) is 0 Å². The van der Waals surface area contributed by atoms with Crippen molar-refractivity contribution in [3.05, 3.63) is 25.2 Å². The maximum Gasteiger partial charge on any atom is 0.0936 e. The topological polar surface area (TPSA) is 58.5 Å². The Hall–Kier alpha value is -1.00. The molecule has 68 valence electrons. The van der Waals surface area contributed by atoms with Gasteiger partial charge in [0.1, 0.15) is 0 Å². The van der Waals surface area contributed by atoms with Crippen molar-refractivity contribution in [2.24, 2.45) is 11.5 Å². The van der Waals surface area contributed by atoms with Crippen LogP contribution < -0.4 is 11.5 Å². The van der Waals surface area contributed by atoms with Gasteiger partial charge in [0, 0.05) is 31.5 Å². The van der Waals surface area contributed by atoms with E-state index >= 15 is 0 Å². The molecular weight excluding hydrogens is 152 g/mol. The predicted octanol–water partition coefficient (Wildman–Crippen LogP) is -0.538. The molecule has 0 spiro atoms. The Morgan fingerprint density at radius 2 is 2.33 bits per heavy atom. The van der Waals surface area contributed by atoms with Crippen LogP contribution in [0.1, 0.15) is 0 Å². The largest absolute Gasteiger partial charge is 0.357 e. The first-order valence-electron chi connectivity index (χ1n) is 4.02. The van der Waals surface area contributed by atoms with Crippen LogP contribution in [-0.2, 0) is 0 Å². The first kappa shape index (κ1) is 9.09. The summed E-state index contributed by atoms with van der Waals surface area (Å²) in [6, 6.07) is 0.0550. The first-order valence-corrected chi connectivity index (χ1v) is 4.02. The predicted molar refractivity (Wildman–Crippen MR) is 49.8 cm³/mol. The van der Waals surface area contributed by atoms with Crippen molar-refractivity contribution >= 4 is 0 Å². The van der Waals surface area contributed by atoms with Gasteiger partial charge in [0.15, 0.2) is 0 Å². The second-order valence-corrected chi connectivity index (χ2v) is 2.90. The van der Waals surface area contributed by atoms with E-state index in [1.54, 1.807) is 6.20 Å². The molecular formula is C8H16N4. The smallest absolute Gasteiger partial charge is 0.0936 e. The van der Waals surface area contributed by atoms with Gasteiger partial charge in [-0.15, -0.1) is 0 Å². The molecule has 0 saturated carbocycles. The molecule has 0 aromatic carbocycles. The normalized spacial score (nSPS) is 18.5. The highest BCUT2D eigenvalue weighted by atomic mass is 15.3. The van der Waals surface area contributed by atoms with Crippen LogP contribution in [0.15, 0.2) is 25.2 Å². The monoisotopic (exact) mass is 168 g/mol. The van der Waals surface area contributed by atoms with E-state index in [0.717, 1.165) is 13.2 Å². The zero-order chi connectivity index (χ0) is 8.97. The van der Waals surface area contributed by atoms with Gasteiger partial charge < -0.3 is 21.3 Å². The molecule has 1 rings (SSSR count). The number of nitrogens with zero attached hydrogens (tertiary/aromatic N) is 2. The molecule has 4 N–H and O–H groups in total. The molecule has 1 unspecified atom stereocenters. The molecule has 4 heteroatoms. The molecule has 0 fully saturated rings. The maximum atomic E-state index is 5.69. The highest BCUT2D eigenvalue weighted by Crippen LogP contribution is 2.05. The minimum absolute atomic E-state index is 0.0550. The minimum Gasteiger partial charge on any atom is -0.357 e. The SMILES string of the molecule is C=CN1C=CN(CC(N)CN)C1. The van der Waals surface area contributed by atoms with Gasteiger partial charge in [0.25, 0.3) is 0 Å². The summed E-state index contributed by atoms with van der Waals surface area (Å²) < 4.78 is 0. The Balaban J connectivity index is 2.29. The quantitative estimate of drug-likeness (QED) is 0.592. The number of nitrogens with two attached hydrogens (primary N) is 2. The zero-order valence-corrected chi connectivity index (χ0v) is 7.19. The fourth-order valence-corrected chi connectivity index (χ4v) is 1.10. The van der Waals surface area contributed by atoms with Crippen LogP contribution in [0.3, 0.4) is 0 Å². The summed E-state index contributed by atoms with van der Waals surface area (Å²) in [5.74, 6) is 0. The summed E-state index contributed by atoms with van der Waals surface area (Å²) in [6.45, 7) is 5.83. The molecule has 1 aliphatic rings. The minimum atomic E-state index is 0.0550. The molecule has 0 amide bonds. The third-order valence-electron chi connectivity index (χ3n) is 1.82. The van der Waals surface area contributed by atoms with E-state index in [1.165, 1.54) is 0 Å². The van der Waals surface area contributed by atoms with Crippen molar-refractivity contribution in [3.8, 4) is 0 Å².